The Morgan fingerprint density at radius 1 is 1.03 bits per heavy atom. The highest BCUT2D eigenvalue weighted by atomic mass is 35.5. The molecule has 1 aromatic heterocycles. The van der Waals surface area contributed by atoms with Gasteiger partial charge in [0, 0.05) is 15.6 Å². The molecule has 1 heterocycles. The van der Waals surface area contributed by atoms with Crippen LogP contribution in [0.15, 0.2) is 42.5 Å². The minimum atomic E-state index is -0.801. The van der Waals surface area contributed by atoms with Crippen LogP contribution in [0.1, 0.15) is 20.3 Å². The fraction of sp³-hybridized carbons (Fsp3) is 0.238. The van der Waals surface area contributed by atoms with Crippen molar-refractivity contribution in [2.75, 3.05) is 10.6 Å². The first-order valence-electron chi connectivity index (χ1n) is 9.69. The van der Waals surface area contributed by atoms with Gasteiger partial charge < -0.3 is 10.6 Å². The lowest BCUT2D eigenvalue weighted by molar-refractivity contribution is -0.119. The molecule has 0 unspecified atom stereocenters. The van der Waals surface area contributed by atoms with Gasteiger partial charge in [-0.15, -0.1) is 10.2 Å². The summed E-state index contributed by atoms with van der Waals surface area (Å²) in [5.74, 6) is -0.535. The lowest BCUT2D eigenvalue weighted by Crippen LogP contribution is -2.49. The van der Waals surface area contributed by atoms with Gasteiger partial charge in [-0.3, -0.25) is 10.1 Å². The highest BCUT2D eigenvalue weighted by Crippen LogP contribution is 2.28. The molecule has 0 saturated carbocycles. The number of amides is 3. The minimum Gasteiger partial charge on any atom is -0.326 e. The van der Waals surface area contributed by atoms with E-state index >= 15 is 0 Å². The Bertz CT molecular complexity index is 1120. The molecule has 7 nitrogen and oxygen atoms in total. The van der Waals surface area contributed by atoms with Crippen molar-refractivity contribution in [1.82, 2.24) is 15.5 Å². The molecule has 2 atom stereocenters. The van der Waals surface area contributed by atoms with Crippen molar-refractivity contribution in [2.24, 2.45) is 5.92 Å². The molecule has 0 bridgehead atoms. The summed E-state index contributed by atoms with van der Waals surface area (Å²) in [4.78, 5) is 25.5. The van der Waals surface area contributed by atoms with Crippen molar-refractivity contribution in [3.8, 4) is 10.6 Å². The quantitative estimate of drug-likeness (QED) is 0.344. The summed E-state index contributed by atoms with van der Waals surface area (Å²) in [5.41, 5.74) is 1.18. The average molecular weight is 513 g/mol. The summed E-state index contributed by atoms with van der Waals surface area (Å²) >= 11 is 19.2. The van der Waals surface area contributed by atoms with Crippen molar-refractivity contribution < 1.29 is 9.59 Å². The first-order valence-corrected chi connectivity index (χ1v) is 11.6. The number of nitrogens with zero attached hydrogens (tertiary/aromatic N) is 2. The van der Waals surface area contributed by atoms with Crippen LogP contribution in [-0.2, 0) is 4.79 Å². The number of hydrogen-bond donors (Lipinski definition) is 3. The van der Waals surface area contributed by atoms with Gasteiger partial charge in [-0.25, -0.2) is 4.79 Å². The van der Waals surface area contributed by atoms with Crippen LogP contribution in [0.2, 0.25) is 15.1 Å². The van der Waals surface area contributed by atoms with Crippen molar-refractivity contribution in [2.45, 2.75) is 26.3 Å². The molecule has 32 heavy (non-hydrogen) atoms. The number of anilines is 2. The summed E-state index contributed by atoms with van der Waals surface area (Å²) < 4.78 is 0. The molecule has 0 aliphatic rings. The maximum atomic E-state index is 12.9. The van der Waals surface area contributed by atoms with Gasteiger partial charge in [0.2, 0.25) is 11.0 Å². The van der Waals surface area contributed by atoms with E-state index in [1.807, 2.05) is 26.0 Å². The van der Waals surface area contributed by atoms with E-state index in [-0.39, 0.29) is 5.92 Å². The summed E-state index contributed by atoms with van der Waals surface area (Å²) in [6.07, 6.45) is 0.671. The molecule has 3 N–H and O–H groups in total. The smallest absolute Gasteiger partial charge is 0.319 e. The first kappa shape index (κ1) is 24.3. The van der Waals surface area contributed by atoms with E-state index in [0.29, 0.717) is 37.3 Å². The SMILES string of the molecule is CC[C@@H](C)[C@@H](NC(=O)Nc1ccc(Cl)cc1Cl)C(=O)Nc1nnc(-c2cccc(Cl)c2)s1. The van der Waals surface area contributed by atoms with Crippen LogP contribution in [0.3, 0.4) is 0 Å². The van der Waals surface area contributed by atoms with Gasteiger partial charge in [0.25, 0.3) is 0 Å². The number of benzene rings is 2. The first-order chi connectivity index (χ1) is 15.3. The number of halogens is 3. The van der Waals surface area contributed by atoms with E-state index in [1.54, 1.807) is 24.3 Å². The monoisotopic (exact) mass is 511 g/mol. The molecule has 3 rings (SSSR count). The molecule has 2 aromatic carbocycles. The molecular formula is C21H20Cl3N5O2S. The van der Waals surface area contributed by atoms with E-state index < -0.39 is 18.0 Å². The van der Waals surface area contributed by atoms with Crippen molar-refractivity contribution in [3.05, 3.63) is 57.5 Å². The van der Waals surface area contributed by atoms with Gasteiger partial charge in [-0.2, -0.15) is 0 Å². The Kier molecular flexibility index (Phi) is 8.31. The summed E-state index contributed by atoms with van der Waals surface area (Å²) in [6, 6.07) is 10.5. The lowest BCUT2D eigenvalue weighted by atomic mass is 9.98. The highest BCUT2D eigenvalue weighted by molar-refractivity contribution is 7.18. The number of rotatable bonds is 7. The second kappa shape index (κ2) is 11.0. The van der Waals surface area contributed by atoms with E-state index in [0.717, 1.165) is 5.56 Å². The normalized spacial score (nSPS) is 12.7. The number of hydrogen-bond acceptors (Lipinski definition) is 5. The van der Waals surface area contributed by atoms with Crippen LogP contribution < -0.4 is 16.0 Å². The number of aromatic nitrogens is 2. The third-order valence-electron chi connectivity index (χ3n) is 4.69. The van der Waals surface area contributed by atoms with E-state index in [2.05, 4.69) is 26.1 Å². The molecule has 0 radical (unpaired) electrons. The van der Waals surface area contributed by atoms with E-state index in [4.69, 9.17) is 34.8 Å². The maximum Gasteiger partial charge on any atom is 0.319 e. The molecule has 0 aliphatic heterocycles. The van der Waals surface area contributed by atoms with Crippen LogP contribution in [0.4, 0.5) is 15.6 Å². The molecule has 0 saturated heterocycles. The molecule has 0 aliphatic carbocycles. The van der Waals surface area contributed by atoms with Crippen LogP contribution >= 0.6 is 46.1 Å². The summed E-state index contributed by atoms with van der Waals surface area (Å²) in [7, 11) is 0. The Hall–Kier alpha value is -2.39. The second-order valence-corrected chi connectivity index (χ2v) is 9.26. The zero-order chi connectivity index (χ0) is 23.3. The third-order valence-corrected chi connectivity index (χ3v) is 6.36. The number of carbonyl (C=O) groups is 2. The Morgan fingerprint density at radius 2 is 1.78 bits per heavy atom. The lowest BCUT2D eigenvalue weighted by Gasteiger charge is -2.23. The minimum absolute atomic E-state index is 0.137. The largest absolute Gasteiger partial charge is 0.326 e. The Labute approximate surface area is 204 Å². The second-order valence-electron chi connectivity index (χ2n) is 7.00. The molecule has 0 fully saturated rings. The Balaban J connectivity index is 1.69. The van der Waals surface area contributed by atoms with Crippen LogP contribution in [-0.4, -0.2) is 28.2 Å². The van der Waals surface area contributed by atoms with Crippen molar-refractivity contribution >= 4 is 68.9 Å². The molecule has 168 valence electrons. The molecule has 3 aromatic rings. The summed E-state index contributed by atoms with van der Waals surface area (Å²) in [6.45, 7) is 3.81. The molecule has 0 spiro atoms. The number of carbonyl (C=O) groups excluding carboxylic acids is 2. The van der Waals surface area contributed by atoms with Gasteiger partial charge in [-0.05, 0) is 36.2 Å². The predicted octanol–water partition coefficient (Wildman–Crippen LogP) is 6.34. The molecule has 11 heteroatoms. The zero-order valence-corrected chi connectivity index (χ0v) is 20.2. The van der Waals surface area contributed by atoms with E-state index in [9.17, 15) is 9.59 Å². The van der Waals surface area contributed by atoms with Gasteiger partial charge in [0.1, 0.15) is 11.0 Å². The van der Waals surface area contributed by atoms with Crippen LogP contribution in [0, 0.1) is 5.92 Å². The van der Waals surface area contributed by atoms with Crippen LogP contribution in [0.5, 0.6) is 0 Å². The van der Waals surface area contributed by atoms with Crippen molar-refractivity contribution in [1.29, 1.82) is 0 Å². The fourth-order valence-corrected chi connectivity index (χ4v) is 4.18. The highest BCUT2D eigenvalue weighted by Gasteiger charge is 2.27. The average Bonchev–Trinajstić information content (AvgIpc) is 3.22. The third kappa shape index (κ3) is 6.32. The molecular weight excluding hydrogens is 493 g/mol. The number of nitrogens with one attached hydrogen (secondary N) is 3. The molecule has 3 amide bonds. The summed E-state index contributed by atoms with van der Waals surface area (Å²) in [5, 5.41) is 18.5. The van der Waals surface area contributed by atoms with Crippen LogP contribution in [0.25, 0.3) is 10.6 Å². The number of urea groups is 1. The Morgan fingerprint density at radius 3 is 2.47 bits per heavy atom. The van der Waals surface area contributed by atoms with E-state index in [1.165, 1.54) is 17.4 Å². The van der Waals surface area contributed by atoms with Gasteiger partial charge in [0.15, 0.2) is 0 Å². The standard InChI is InChI=1S/C21H20Cl3N5O2S/c1-3-11(2)17(26-20(31)25-16-8-7-14(23)10-15(16)24)18(30)27-21-29-28-19(32-21)12-5-4-6-13(22)9-12/h4-11,17H,3H2,1-2H3,(H2,25,26,31)(H,27,29,30)/t11-,17-/m1/s1. The van der Waals surface area contributed by atoms with Gasteiger partial charge in [-0.1, -0.05) is 78.5 Å². The predicted molar refractivity (Wildman–Crippen MR) is 131 cm³/mol. The fourth-order valence-electron chi connectivity index (χ4n) is 2.79. The van der Waals surface area contributed by atoms with Crippen molar-refractivity contribution in [3.63, 3.8) is 0 Å². The van der Waals surface area contributed by atoms with Gasteiger partial charge >= 0.3 is 6.03 Å². The topological polar surface area (TPSA) is 96.0 Å². The maximum absolute atomic E-state index is 12.9. The van der Waals surface area contributed by atoms with Gasteiger partial charge in [0.05, 0.1) is 10.7 Å². The zero-order valence-electron chi connectivity index (χ0n) is 17.2.